The summed E-state index contributed by atoms with van der Waals surface area (Å²) in [4.78, 5) is 6.43. The standard InChI is InChI=1S/C12H12BrIN4/c1-7-4-8-11(17-16-7)9(13)5-10(14)12(8)15-6-18(2)3/h4-6H,1-3H3/b15-6+. The van der Waals surface area contributed by atoms with Crippen LogP contribution < -0.4 is 0 Å². The van der Waals surface area contributed by atoms with Crippen LogP contribution >= 0.6 is 38.5 Å². The number of nitrogens with zero attached hydrogens (tertiary/aromatic N) is 4. The van der Waals surface area contributed by atoms with Crippen molar-refractivity contribution < 1.29 is 0 Å². The van der Waals surface area contributed by atoms with Crippen molar-refractivity contribution in [2.45, 2.75) is 6.92 Å². The monoisotopic (exact) mass is 418 g/mol. The molecule has 1 aromatic heterocycles. The Labute approximate surface area is 128 Å². The maximum Gasteiger partial charge on any atom is 0.109 e. The van der Waals surface area contributed by atoms with Crippen LogP contribution in [0.5, 0.6) is 0 Å². The molecule has 0 unspecified atom stereocenters. The molecule has 0 aliphatic rings. The maximum atomic E-state index is 4.52. The van der Waals surface area contributed by atoms with Crippen LogP contribution in [-0.2, 0) is 0 Å². The predicted octanol–water partition coefficient (Wildman–Crippen LogP) is 3.53. The molecular weight excluding hydrogens is 407 g/mol. The van der Waals surface area contributed by atoms with E-state index >= 15 is 0 Å². The second kappa shape index (κ2) is 5.48. The first-order valence-electron chi connectivity index (χ1n) is 5.31. The van der Waals surface area contributed by atoms with Crippen LogP contribution in [0.1, 0.15) is 5.69 Å². The summed E-state index contributed by atoms with van der Waals surface area (Å²) in [6.45, 7) is 1.93. The Kier molecular flexibility index (Phi) is 4.16. The number of halogens is 2. The number of aryl methyl sites for hydroxylation is 1. The van der Waals surface area contributed by atoms with E-state index in [1.807, 2.05) is 38.1 Å². The van der Waals surface area contributed by atoms with Gasteiger partial charge < -0.3 is 4.90 Å². The summed E-state index contributed by atoms with van der Waals surface area (Å²) in [6, 6.07) is 4.02. The third-order valence-corrected chi connectivity index (χ3v) is 3.72. The summed E-state index contributed by atoms with van der Waals surface area (Å²) in [7, 11) is 3.89. The average Bonchev–Trinajstić information content (AvgIpc) is 2.27. The molecule has 6 heteroatoms. The Bertz CT molecular complexity index is 625. The second-order valence-electron chi connectivity index (χ2n) is 4.15. The number of aliphatic imine (C=N–C) groups is 1. The van der Waals surface area contributed by atoms with Crippen LogP contribution in [0.15, 0.2) is 21.6 Å². The predicted molar refractivity (Wildman–Crippen MR) is 86.5 cm³/mol. The normalized spacial score (nSPS) is 11.4. The third kappa shape index (κ3) is 2.80. The van der Waals surface area contributed by atoms with E-state index in [0.29, 0.717) is 0 Å². The molecule has 18 heavy (non-hydrogen) atoms. The summed E-state index contributed by atoms with van der Waals surface area (Å²) in [5, 5.41) is 9.32. The lowest BCUT2D eigenvalue weighted by Crippen LogP contribution is -2.07. The molecule has 0 saturated carbocycles. The topological polar surface area (TPSA) is 41.4 Å². The number of aromatic nitrogens is 2. The first-order valence-corrected chi connectivity index (χ1v) is 7.19. The van der Waals surface area contributed by atoms with Gasteiger partial charge in [-0.15, -0.1) is 5.10 Å². The Morgan fingerprint density at radius 2 is 2.06 bits per heavy atom. The smallest absolute Gasteiger partial charge is 0.109 e. The van der Waals surface area contributed by atoms with E-state index < -0.39 is 0 Å². The molecule has 2 aromatic rings. The van der Waals surface area contributed by atoms with Gasteiger partial charge in [0.15, 0.2) is 0 Å². The van der Waals surface area contributed by atoms with Crippen molar-refractivity contribution >= 4 is 61.4 Å². The first-order chi connectivity index (χ1) is 8.49. The van der Waals surface area contributed by atoms with Gasteiger partial charge in [0.05, 0.1) is 17.7 Å². The Morgan fingerprint density at radius 1 is 1.33 bits per heavy atom. The van der Waals surface area contributed by atoms with Crippen LogP contribution in [-0.4, -0.2) is 35.5 Å². The van der Waals surface area contributed by atoms with Gasteiger partial charge in [-0.05, 0) is 57.6 Å². The van der Waals surface area contributed by atoms with E-state index in [1.165, 1.54) is 0 Å². The van der Waals surface area contributed by atoms with Crippen molar-refractivity contribution in [3.05, 3.63) is 25.9 Å². The SMILES string of the molecule is Cc1cc2c(/N=C/N(C)C)c(I)cc(Br)c2nn1. The van der Waals surface area contributed by atoms with Crippen LogP contribution in [0.25, 0.3) is 10.9 Å². The van der Waals surface area contributed by atoms with Crippen molar-refractivity contribution in [3.63, 3.8) is 0 Å². The fourth-order valence-corrected chi connectivity index (χ4v) is 3.22. The highest BCUT2D eigenvalue weighted by molar-refractivity contribution is 14.1. The maximum absolute atomic E-state index is 4.52. The van der Waals surface area contributed by atoms with E-state index in [1.54, 1.807) is 6.34 Å². The molecule has 0 amide bonds. The third-order valence-electron chi connectivity index (χ3n) is 2.29. The minimum Gasteiger partial charge on any atom is -0.369 e. The number of benzene rings is 1. The van der Waals surface area contributed by atoms with Gasteiger partial charge in [0.25, 0.3) is 0 Å². The van der Waals surface area contributed by atoms with E-state index in [2.05, 4.69) is 53.7 Å². The van der Waals surface area contributed by atoms with E-state index in [0.717, 1.165) is 30.3 Å². The zero-order valence-corrected chi connectivity index (χ0v) is 14.0. The van der Waals surface area contributed by atoms with Gasteiger partial charge in [-0.3, -0.25) is 0 Å². The van der Waals surface area contributed by atoms with E-state index in [9.17, 15) is 0 Å². The average molecular weight is 419 g/mol. The van der Waals surface area contributed by atoms with Crippen molar-refractivity contribution in [2.75, 3.05) is 14.1 Å². The van der Waals surface area contributed by atoms with Crippen LogP contribution in [0.3, 0.4) is 0 Å². The minimum absolute atomic E-state index is 0.840. The highest BCUT2D eigenvalue weighted by Gasteiger charge is 2.10. The molecule has 1 aromatic carbocycles. The molecule has 0 spiro atoms. The molecule has 0 saturated heterocycles. The van der Waals surface area contributed by atoms with Crippen LogP contribution in [0.4, 0.5) is 5.69 Å². The summed E-state index contributed by atoms with van der Waals surface area (Å²) in [5.74, 6) is 0. The Morgan fingerprint density at radius 3 is 2.72 bits per heavy atom. The molecule has 0 radical (unpaired) electrons. The van der Waals surface area contributed by atoms with Gasteiger partial charge in [-0.25, -0.2) is 4.99 Å². The van der Waals surface area contributed by atoms with Gasteiger partial charge in [-0.2, -0.15) is 5.10 Å². The quantitative estimate of drug-likeness (QED) is 0.425. The highest BCUT2D eigenvalue weighted by Crippen LogP contribution is 2.35. The van der Waals surface area contributed by atoms with Gasteiger partial charge >= 0.3 is 0 Å². The molecule has 0 atom stereocenters. The lowest BCUT2D eigenvalue weighted by molar-refractivity contribution is 0.643. The molecule has 0 bridgehead atoms. The molecule has 0 aliphatic heterocycles. The molecule has 2 rings (SSSR count). The highest BCUT2D eigenvalue weighted by atomic mass is 127. The van der Waals surface area contributed by atoms with Crippen LogP contribution in [0.2, 0.25) is 0 Å². The van der Waals surface area contributed by atoms with Crippen molar-refractivity contribution in [1.82, 2.24) is 15.1 Å². The fourth-order valence-electron chi connectivity index (χ4n) is 1.53. The molecule has 4 nitrogen and oxygen atoms in total. The largest absolute Gasteiger partial charge is 0.369 e. The molecular formula is C12H12BrIN4. The molecule has 0 aliphatic carbocycles. The number of hydrogen-bond donors (Lipinski definition) is 0. The lowest BCUT2D eigenvalue weighted by Gasteiger charge is -2.08. The summed E-state index contributed by atoms with van der Waals surface area (Å²) >= 11 is 5.80. The van der Waals surface area contributed by atoms with Gasteiger partial charge in [0, 0.05) is 27.5 Å². The minimum atomic E-state index is 0.840. The van der Waals surface area contributed by atoms with Gasteiger partial charge in [0.2, 0.25) is 0 Å². The summed E-state index contributed by atoms with van der Waals surface area (Å²) in [6.07, 6.45) is 1.79. The Hall–Kier alpha value is -0.760. The first kappa shape index (κ1) is 13.7. The van der Waals surface area contributed by atoms with Crippen molar-refractivity contribution in [3.8, 4) is 0 Å². The van der Waals surface area contributed by atoms with Gasteiger partial charge in [0.1, 0.15) is 5.52 Å². The Balaban J connectivity index is 2.74. The zero-order chi connectivity index (χ0) is 13.3. The van der Waals surface area contributed by atoms with Crippen LogP contribution in [0, 0.1) is 10.5 Å². The number of rotatable bonds is 2. The fraction of sp³-hybridized carbons (Fsp3) is 0.250. The van der Waals surface area contributed by atoms with Crippen molar-refractivity contribution in [2.24, 2.45) is 4.99 Å². The summed E-state index contributed by atoms with van der Waals surface area (Å²) < 4.78 is 2.02. The number of fused-ring (bicyclic) bond motifs is 1. The van der Waals surface area contributed by atoms with E-state index in [-0.39, 0.29) is 0 Å². The summed E-state index contributed by atoms with van der Waals surface area (Å²) in [5.41, 5.74) is 2.66. The second-order valence-corrected chi connectivity index (χ2v) is 6.16. The molecule has 0 N–H and O–H groups in total. The molecule has 0 fully saturated rings. The zero-order valence-electron chi connectivity index (χ0n) is 10.3. The van der Waals surface area contributed by atoms with Crippen molar-refractivity contribution in [1.29, 1.82) is 0 Å². The molecule has 94 valence electrons. The number of hydrogen-bond acceptors (Lipinski definition) is 3. The van der Waals surface area contributed by atoms with E-state index in [4.69, 9.17) is 0 Å². The lowest BCUT2D eigenvalue weighted by atomic mass is 10.2. The van der Waals surface area contributed by atoms with Gasteiger partial charge in [-0.1, -0.05) is 0 Å². The molecule has 1 heterocycles.